The highest BCUT2D eigenvalue weighted by Gasteiger charge is 2.32. The molecular weight excluding hydrogens is 378 g/mol. The molecule has 0 aliphatic heterocycles. The molecule has 9 heteroatoms. The van der Waals surface area contributed by atoms with Gasteiger partial charge in [-0.2, -0.15) is 0 Å². The van der Waals surface area contributed by atoms with Gasteiger partial charge in [0.1, 0.15) is 4.90 Å². The van der Waals surface area contributed by atoms with Crippen LogP contribution in [0, 0.1) is 13.8 Å². The van der Waals surface area contributed by atoms with Crippen molar-refractivity contribution in [2.45, 2.75) is 56.9 Å². The summed E-state index contributed by atoms with van der Waals surface area (Å²) in [5.41, 5.74) is 2.27. The summed E-state index contributed by atoms with van der Waals surface area (Å²) in [7, 11) is -3.85. The molecule has 2 N–H and O–H groups in total. The molecule has 0 amide bonds. The maximum Gasteiger partial charge on any atom is 0.250 e. The molecule has 0 aromatic carbocycles. The Morgan fingerprint density at radius 1 is 1.21 bits per heavy atom. The van der Waals surface area contributed by atoms with Crippen LogP contribution in [0.3, 0.4) is 0 Å². The second-order valence-electron chi connectivity index (χ2n) is 7.25. The van der Waals surface area contributed by atoms with Crippen molar-refractivity contribution < 1.29 is 12.8 Å². The van der Waals surface area contributed by atoms with Gasteiger partial charge in [0.05, 0.1) is 17.3 Å². The summed E-state index contributed by atoms with van der Waals surface area (Å²) in [6.45, 7) is 5.28. The van der Waals surface area contributed by atoms with E-state index in [2.05, 4.69) is 24.9 Å². The van der Waals surface area contributed by atoms with E-state index < -0.39 is 16.1 Å². The number of aromatic nitrogens is 4. The third-order valence-corrected chi connectivity index (χ3v) is 6.87. The van der Waals surface area contributed by atoms with Crippen LogP contribution in [-0.4, -0.2) is 28.6 Å². The standard InChI is InChI=1S/C19H23N5O3S/c1-11(15-9-4-5-10-20-15)24-28(25,26)17-13(3)21-12(2)16(17)19-23-22-18(27-19)14-7-6-8-14/h4-5,9-11,14,21,24H,6-8H2,1-3H3. The fourth-order valence-electron chi connectivity index (χ4n) is 3.49. The van der Waals surface area contributed by atoms with Crippen molar-refractivity contribution in [2.75, 3.05) is 0 Å². The number of pyridine rings is 1. The van der Waals surface area contributed by atoms with Crippen molar-refractivity contribution in [2.24, 2.45) is 0 Å². The molecule has 148 valence electrons. The van der Waals surface area contributed by atoms with Crippen molar-refractivity contribution in [3.63, 3.8) is 0 Å². The molecule has 0 radical (unpaired) electrons. The molecule has 4 rings (SSSR count). The minimum absolute atomic E-state index is 0.136. The van der Waals surface area contributed by atoms with Gasteiger partial charge in [-0.15, -0.1) is 10.2 Å². The molecular formula is C19H23N5O3S. The fourth-order valence-corrected chi connectivity index (χ4v) is 5.16. The number of hydrogen-bond acceptors (Lipinski definition) is 6. The topological polar surface area (TPSA) is 114 Å². The Balaban J connectivity index is 1.70. The number of aryl methyl sites for hydroxylation is 2. The van der Waals surface area contributed by atoms with E-state index >= 15 is 0 Å². The van der Waals surface area contributed by atoms with E-state index in [-0.39, 0.29) is 16.7 Å². The molecule has 1 fully saturated rings. The SMILES string of the molecule is Cc1[nH]c(C)c(S(=O)(=O)NC(C)c2ccccn2)c1-c1nnc(C2CCC2)o1. The smallest absolute Gasteiger partial charge is 0.250 e. The van der Waals surface area contributed by atoms with Crippen LogP contribution in [0.15, 0.2) is 33.7 Å². The lowest BCUT2D eigenvalue weighted by atomic mass is 9.85. The number of H-pyrrole nitrogens is 1. The highest BCUT2D eigenvalue weighted by molar-refractivity contribution is 7.89. The first-order chi connectivity index (χ1) is 13.4. The van der Waals surface area contributed by atoms with E-state index in [1.807, 2.05) is 6.07 Å². The van der Waals surface area contributed by atoms with Gasteiger partial charge in [0.15, 0.2) is 0 Å². The maximum atomic E-state index is 13.2. The van der Waals surface area contributed by atoms with E-state index in [9.17, 15) is 8.42 Å². The lowest BCUT2D eigenvalue weighted by Crippen LogP contribution is -2.28. The summed E-state index contributed by atoms with van der Waals surface area (Å²) in [4.78, 5) is 7.46. The summed E-state index contributed by atoms with van der Waals surface area (Å²) in [5, 5.41) is 8.27. The zero-order valence-electron chi connectivity index (χ0n) is 16.1. The Morgan fingerprint density at radius 3 is 2.64 bits per heavy atom. The van der Waals surface area contributed by atoms with E-state index in [1.54, 1.807) is 39.1 Å². The van der Waals surface area contributed by atoms with Crippen molar-refractivity contribution in [3.05, 3.63) is 47.4 Å². The van der Waals surface area contributed by atoms with Crippen LogP contribution in [0.25, 0.3) is 11.5 Å². The van der Waals surface area contributed by atoms with Crippen LogP contribution in [0.2, 0.25) is 0 Å². The first-order valence-electron chi connectivity index (χ1n) is 9.33. The zero-order chi connectivity index (χ0) is 19.9. The summed E-state index contributed by atoms with van der Waals surface area (Å²) < 4.78 is 35.0. The van der Waals surface area contributed by atoms with E-state index in [0.717, 1.165) is 19.3 Å². The second kappa shape index (κ2) is 7.14. The average molecular weight is 401 g/mol. The summed E-state index contributed by atoms with van der Waals surface area (Å²) >= 11 is 0. The van der Waals surface area contributed by atoms with Crippen molar-refractivity contribution in [1.82, 2.24) is 24.9 Å². The van der Waals surface area contributed by atoms with E-state index in [4.69, 9.17) is 4.42 Å². The second-order valence-corrected chi connectivity index (χ2v) is 8.90. The monoisotopic (exact) mass is 401 g/mol. The molecule has 3 heterocycles. The largest absolute Gasteiger partial charge is 0.420 e. The number of aromatic amines is 1. The Hall–Kier alpha value is -2.52. The van der Waals surface area contributed by atoms with Gasteiger partial charge in [0.2, 0.25) is 15.9 Å². The van der Waals surface area contributed by atoms with Crippen molar-refractivity contribution >= 4 is 10.0 Å². The normalized spacial score (nSPS) is 16.1. The molecule has 0 saturated heterocycles. The molecule has 3 aromatic heterocycles. The fraction of sp³-hybridized carbons (Fsp3) is 0.421. The predicted molar refractivity (Wildman–Crippen MR) is 103 cm³/mol. The van der Waals surface area contributed by atoms with Gasteiger partial charge < -0.3 is 9.40 Å². The molecule has 1 saturated carbocycles. The maximum absolute atomic E-state index is 13.2. The quantitative estimate of drug-likeness (QED) is 0.654. The first kappa shape index (κ1) is 18.8. The molecule has 3 aromatic rings. The highest BCUT2D eigenvalue weighted by Crippen LogP contribution is 2.38. The third-order valence-electron chi connectivity index (χ3n) is 5.16. The van der Waals surface area contributed by atoms with E-state index in [0.29, 0.717) is 28.5 Å². The number of nitrogens with one attached hydrogen (secondary N) is 2. The van der Waals surface area contributed by atoms with Crippen molar-refractivity contribution in [1.29, 1.82) is 0 Å². The molecule has 1 aliphatic carbocycles. The van der Waals surface area contributed by atoms with Gasteiger partial charge in [-0.1, -0.05) is 12.5 Å². The third kappa shape index (κ3) is 3.35. The summed E-state index contributed by atoms with van der Waals surface area (Å²) in [6.07, 6.45) is 4.85. The average Bonchev–Trinajstić information content (AvgIpc) is 3.18. The zero-order valence-corrected chi connectivity index (χ0v) is 16.9. The molecule has 0 bridgehead atoms. The number of nitrogens with zero attached hydrogens (tertiary/aromatic N) is 3. The number of sulfonamides is 1. The number of hydrogen-bond donors (Lipinski definition) is 2. The van der Waals surface area contributed by atoms with Gasteiger partial charge in [-0.05, 0) is 45.7 Å². The summed E-state index contributed by atoms with van der Waals surface area (Å²) in [5.74, 6) is 1.09. The Morgan fingerprint density at radius 2 is 2.00 bits per heavy atom. The summed E-state index contributed by atoms with van der Waals surface area (Å²) in [6, 6.07) is 4.91. The Labute approximate surface area is 163 Å². The first-order valence-corrected chi connectivity index (χ1v) is 10.8. The predicted octanol–water partition coefficient (Wildman–Crippen LogP) is 3.38. The van der Waals surface area contributed by atoms with Gasteiger partial charge in [0, 0.05) is 23.5 Å². The van der Waals surface area contributed by atoms with Gasteiger partial charge in [0.25, 0.3) is 5.89 Å². The molecule has 1 aliphatic rings. The van der Waals surface area contributed by atoms with Crippen LogP contribution in [-0.2, 0) is 10.0 Å². The molecule has 1 atom stereocenters. The van der Waals surface area contributed by atoms with Gasteiger partial charge in [-0.25, -0.2) is 13.1 Å². The van der Waals surface area contributed by atoms with Crippen LogP contribution in [0.1, 0.15) is 61.1 Å². The van der Waals surface area contributed by atoms with Crippen molar-refractivity contribution in [3.8, 4) is 11.5 Å². The Bertz CT molecular complexity index is 1080. The molecule has 28 heavy (non-hydrogen) atoms. The van der Waals surface area contributed by atoms with Gasteiger partial charge in [-0.3, -0.25) is 4.98 Å². The Kier molecular flexibility index (Phi) is 4.80. The highest BCUT2D eigenvalue weighted by atomic mass is 32.2. The molecule has 1 unspecified atom stereocenters. The number of rotatable bonds is 6. The van der Waals surface area contributed by atoms with Gasteiger partial charge >= 0.3 is 0 Å². The lowest BCUT2D eigenvalue weighted by Gasteiger charge is -2.20. The van der Waals surface area contributed by atoms with Crippen LogP contribution in [0.4, 0.5) is 0 Å². The minimum atomic E-state index is -3.85. The van der Waals surface area contributed by atoms with E-state index in [1.165, 1.54) is 0 Å². The van der Waals surface area contributed by atoms with Crippen LogP contribution in [0.5, 0.6) is 0 Å². The van der Waals surface area contributed by atoms with Crippen LogP contribution < -0.4 is 4.72 Å². The minimum Gasteiger partial charge on any atom is -0.420 e. The lowest BCUT2D eigenvalue weighted by molar-refractivity contribution is 0.338. The van der Waals surface area contributed by atoms with Crippen LogP contribution >= 0.6 is 0 Å². The molecule has 8 nitrogen and oxygen atoms in total. The molecule has 0 spiro atoms.